The Morgan fingerprint density at radius 3 is 2.68 bits per heavy atom. The van der Waals surface area contributed by atoms with Crippen molar-refractivity contribution in [2.75, 3.05) is 43.9 Å². The van der Waals surface area contributed by atoms with Crippen molar-refractivity contribution >= 4 is 16.0 Å². The molecule has 2 aliphatic heterocycles. The topological polar surface area (TPSA) is 75.6 Å². The Hall–Kier alpha value is -1.32. The molecular weight excluding hydrogens is 311 g/mol. The summed E-state index contributed by atoms with van der Waals surface area (Å²) in [6, 6.07) is 0. The molecule has 1 aromatic rings. The molecule has 0 radical (unpaired) electrons. The van der Waals surface area contributed by atoms with Gasteiger partial charge in [0.2, 0.25) is 16.0 Å². The molecule has 1 spiro atoms. The van der Waals surface area contributed by atoms with Gasteiger partial charge in [-0.2, -0.15) is 4.31 Å². The van der Waals surface area contributed by atoms with E-state index in [9.17, 15) is 12.8 Å². The molecule has 1 atom stereocenters. The highest BCUT2D eigenvalue weighted by atomic mass is 32.2. The second-order valence-corrected chi connectivity index (χ2v) is 7.84. The van der Waals surface area contributed by atoms with E-state index in [1.54, 1.807) is 0 Å². The lowest BCUT2D eigenvalue weighted by Crippen LogP contribution is -2.60. The van der Waals surface area contributed by atoms with Crippen molar-refractivity contribution in [2.24, 2.45) is 0 Å². The van der Waals surface area contributed by atoms with Gasteiger partial charge in [0.1, 0.15) is 0 Å². The summed E-state index contributed by atoms with van der Waals surface area (Å²) in [5.41, 5.74) is -0.544. The van der Waals surface area contributed by atoms with Crippen molar-refractivity contribution in [3.8, 4) is 0 Å². The van der Waals surface area contributed by atoms with E-state index in [1.807, 2.05) is 4.90 Å². The van der Waals surface area contributed by atoms with Crippen LogP contribution in [0.2, 0.25) is 0 Å². The number of ether oxygens (including phenoxy) is 1. The molecule has 0 aromatic carbocycles. The number of hydrogen-bond acceptors (Lipinski definition) is 6. The molecule has 3 rings (SSSR count). The zero-order chi connectivity index (χ0) is 15.8. The zero-order valence-corrected chi connectivity index (χ0v) is 13.2. The van der Waals surface area contributed by atoms with Gasteiger partial charge in [-0.25, -0.2) is 22.8 Å². The summed E-state index contributed by atoms with van der Waals surface area (Å²) in [4.78, 5) is 9.93. The lowest BCUT2D eigenvalue weighted by atomic mass is 9.91. The van der Waals surface area contributed by atoms with E-state index in [4.69, 9.17) is 4.74 Å². The third-order valence-electron chi connectivity index (χ3n) is 4.11. The first kappa shape index (κ1) is 15.6. The Kier molecular flexibility index (Phi) is 4.04. The van der Waals surface area contributed by atoms with Crippen LogP contribution in [0.5, 0.6) is 0 Å². The fourth-order valence-corrected chi connectivity index (χ4v) is 3.95. The van der Waals surface area contributed by atoms with E-state index in [0.29, 0.717) is 32.2 Å². The monoisotopic (exact) mass is 330 g/mol. The van der Waals surface area contributed by atoms with E-state index in [0.717, 1.165) is 31.8 Å². The summed E-state index contributed by atoms with van der Waals surface area (Å²) in [7, 11) is -3.23. The van der Waals surface area contributed by atoms with E-state index in [1.165, 1.54) is 10.6 Å². The SMILES string of the molecule is CS(=O)(=O)N1CCOC2(CCCN(c3ncc(F)cn3)C2)C1. The molecule has 9 heteroatoms. The van der Waals surface area contributed by atoms with Gasteiger partial charge in [0, 0.05) is 19.6 Å². The van der Waals surface area contributed by atoms with Crippen molar-refractivity contribution in [3.05, 3.63) is 18.2 Å². The summed E-state index contributed by atoms with van der Waals surface area (Å²) < 4.78 is 43.9. The minimum atomic E-state index is -3.23. The highest BCUT2D eigenvalue weighted by molar-refractivity contribution is 7.88. The Balaban J connectivity index is 1.78. The number of sulfonamides is 1. The zero-order valence-electron chi connectivity index (χ0n) is 12.4. The number of piperidine rings is 1. The molecule has 1 unspecified atom stereocenters. The predicted molar refractivity (Wildman–Crippen MR) is 78.5 cm³/mol. The van der Waals surface area contributed by atoms with Gasteiger partial charge in [-0.15, -0.1) is 0 Å². The van der Waals surface area contributed by atoms with Crippen LogP contribution in [0.1, 0.15) is 12.8 Å². The molecule has 2 saturated heterocycles. The maximum absolute atomic E-state index is 12.9. The standard InChI is InChI=1S/C13H19FN4O3S/c1-22(19,20)18-5-6-21-13(10-18)3-2-4-17(9-13)12-15-7-11(14)8-16-12/h7-8H,2-6,9-10H2,1H3. The summed E-state index contributed by atoms with van der Waals surface area (Å²) in [6.07, 6.45) is 5.12. The lowest BCUT2D eigenvalue weighted by molar-refractivity contribution is -0.0950. The molecule has 3 heterocycles. The van der Waals surface area contributed by atoms with Crippen molar-refractivity contribution in [1.29, 1.82) is 0 Å². The van der Waals surface area contributed by atoms with Crippen LogP contribution in [0.25, 0.3) is 0 Å². The van der Waals surface area contributed by atoms with Gasteiger partial charge in [0.05, 0.1) is 37.4 Å². The van der Waals surface area contributed by atoms with Crippen LogP contribution in [0.15, 0.2) is 12.4 Å². The molecule has 2 fully saturated rings. The first-order chi connectivity index (χ1) is 10.4. The van der Waals surface area contributed by atoms with Crippen LogP contribution in [0.3, 0.4) is 0 Å². The molecule has 2 aliphatic rings. The number of aromatic nitrogens is 2. The molecule has 22 heavy (non-hydrogen) atoms. The summed E-state index contributed by atoms with van der Waals surface area (Å²) in [5, 5.41) is 0. The van der Waals surface area contributed by atoms with Crippen LogP contribution in [-0.4, -0.2) is 67.3 Å². The van der Waals surface area contributed by atoms with E-state index < -0.39 is 21.4 Å². The van der Waals surface area contributed by atoms with Crippen LogP contribution >= 0.6 is 0 Å². The summed E-state index contributed by atoms with van der Waals surface area (Å²) >= 11 is 0. The molecule has 1 aromatic heterocycles. The van der Waals surface area contributed by atoms with E-state index in [-0.39, 0.29) is 0 Å². The molecule has 0 bridgehead atoms. The molecule has 0 amide bonds. The van der Waals surface area contributed by atoms with Gasteiger partial charge >= 0.3 is 0 Å². The summed E-state index contributed by atoms with van der Waals surface area (Å²) in [6.45, 7) is 2.35. The molecule has 0 saturated carbocycles. The fourth-order valence-electron chi connectivity index (χ4n) is 3.08. The molecule has 7 nitrogen and oxygen atoms in total. The number of halogens is 1. The molecule has 0 N–H and O–H groups in total. The Morgan fingerprint density at radius 2 is 2.00 bits per heavy atom. The minimum absolute atomic E-state index is 0.337. The normalized spacial score (nSPS) is 27.3. The van der Waals surface area contributed by atoms with Crippen molar-refractivity contribution in [1.82, 2.24) is 14.3 Å². The second kappa shape index (κ2) is 5.71. The number of rotatable bonds is 2. The predicted octanol–water partition coefficient (Wildman–Crippen LogP) is 0.246. The number of nitrogens with zero attached hydrogens (tertiary/aromatic N) is 4. The van der Waals surface area contributed by atoms with Gasteiger partial charge < -0.3 is 9.64 Å². The Bertz CT molecular complexity index is 635. The highest BCUT2D eigenvalue weighted by Crippen LogP contribution is 2.31. The smallest absolute Gasteiger partial charge is 0.225 e. The van der Waals surface area contributed by atoms with Gasteiger partial charge in [-0.05, 0) is 12.8 Å². The van der Waals surface area contributed by atoms with Gasteiger partial charge in [0.15, 0.2) is 5.82 Å². The van der Waals surface area contributed by atoms with Crippen LogP contribution in [0, 0.1) is 5.82 Å². The highest BCUT2D eigenvalue weighted by Gasteiger charge is 2.43. The Morgan fingerprint density at radius 1 is 1.27 bits per heavy atom. The molecule has 0 aliphatic carbocycles. The quantitative estimate of drug-likeness (QED) is 0.774. The van der Waals surface area contributed by atoms with Crippen molar-refractivity contribution in [2.45, 2.75) is 18.4 Å². The van der Waals surface area contributed by atoms with Crippen LogP contribution < -0.4 is 4.90 Å². The Labute approximate surface area is 129 Å². The number of morpholine rings is 1. The average Bonchev–Trinajstić information content (AvgIpc) is 2.47. The first-order valence-electron chi connectivity index (χ1n) is 7.20. The van der Waals surface area contributed by atoms with Crippen LogP contribution in [-0.2, 0) is 14.8 Å². The summed E-state index contributed by atoms with van der Waals surface area (Å²) in [5.74, 6) is -0.0341. The van der Waals surface area contributed by atoms with Crippen molar-refractivity contribution in [3.63, 3.8) is 0 Å². The maximum atomic E-state index is 12.9. The minimum Gasteiger partial charge on any atom is -0.370 e. The third kappa shape index (κ3) is 3.21. The number of anilines is 1. The van der Waals surface area contributed by atoms with Crippen molar-refractivity contribution < 1.29 is 17.5 Å². The molecular formula is C13H19FN4O3S. The molecule has 122 valence electrons. The number of hydrogen-bond donors (Lipinski definition) is 0. The largest absolute Gasteiger partial charge is 0.370 e. The van der Waals surface area contributed by atoms with Crippen LogP contribution in [0.4, 0.5) is 10.3 Å². The van der Waals surface area contributed by atoms with Gasteiger partial charge in [0.25, 0.3) is 0 Å². The van der Waals surface area contributed by atoms with Gasteiger partial charge in [-0.1, -0.05) is 0 Å². The van der Waals surface area contributed by atoms with E-state index in [2.05, 4.69) is 9.97 Å². The maximum Gasteiger partial charge on any atom is 0.225 e. The first-order valence-corrected chi connectivity index (χ1v) is 9.04. The average molecular weight is 330 g/mol. The second-order valence-electron chi connectivity index (χ2n) is 5.85. The third-order valence-corrected chi connectivity index (χ3v) is 5.36. The fraction of sp³-hybridized carbons (Fsp3) is 0.692. The van der Waals surface area contributed by atoms with Gasteiger partial charge in [-0.3, -0.25) is 0 Å². The van der Waals surface area contributed by atoms with E-state index >= 15 is 0 Å². The lowest BCUT2D eigenvalue weighted by Gasteiger charge is -2.47.